The van der Waals surface area contributed by atoms with E-state index in [1.165, 1.54) is 0 Å². The second-order valence-corrected chi connectivity index (χ2v) is 5.46. The molecule has 2 rings (SSSR count). The van der Waals surface area contributed by atoms with Crippen molar-refractivity contribution in [1.29, 1.82) is 5.26 Å². The molecule has 1 aromatic heterocycles. The molecule has 2 aromatic rings. The van der Waals surface area contributed by atoms with Gasteiger partial charge in [-0.05, 0) is 49.8 Å². The number of nitrogens with one attached hydrogen (secondary N) is 1. The lowest BCUT2D eigenvalue weighted by Crippen LogP contribution is -2.13. The first kappa shape index (κ1) is 15.9. The topological polar surface area (TPSA) is 57.8 Å². The van der Waals surface area contributed by atoms with Gasteiger partial charge in [-0.15, -0.1) is 0 Å². The highest BCUT2D eigenvalue weighted by Gasteiger charge is 2.12. The quantitative estimate of drug-likeness (QED) is 0.691. The molecule has 0 aliphatic carbocycles. The summed E-state index contributed by atoms with van der Waals surface area (Å²) in [4.78, 5) is 12.2. The number of benzene rings is 1. The zero-order valence-electron chi connectivity index (χ0n) is 12.6. The van der Waals surface area contributed by atoms with Crippen molar-refractivity contribution in [3.63, 3.8) is 0 Å². The Hall–Kier alpha value is -2.51. The SMILES string of the molecule is Cc1cc(/C=C(\C#N)C(=O)Nc2cccc(Cl)c2)c(C)n1C. The zero-order chi connectivity index (χ0) is 16.3. The van der Waals surface area contributed by atoms with Crippen molar-refractivity contribution >= 4 is 29.3 Å². The molecule has 0 fully saturated rings. The zero-order valence-corrected chi connectivity index (χ0v) is 13.4. The number of aromatic nitrogens is 1. The fourth-order valence-electron chi connectivity index (χ4n) is 2.10. The Balaban J connectivity index is 2.28. The molecule has 0 saturated heterocycles. The molecule has 1 heterocycles. The molecule has 0 unspecified atom stereocenters. The number of aryl methyl sites for hydroxylation is 1. The average Bonchev–Trinajstić information content (AvgIpc) is 2.72. The third-order valence-electron chi connectivity index (χ3n) is 3.56. The Kier molecular flexibility index (Phi) is 4.69. The van der Waals surface area contributed by atoms with Gasteiger partial charge >= 0.3 is 0 Å². The van der Waals surface area contributed by atoms with Crippen molar-refractivity contribution in [2.45, 2.75) is 13.8 Å². The Bertz CT molecular complexity index is 797. The normalized spacial score (nSPS) is 11.1. The number of hydrogen-bond donors (Lipinski definition) is 1. The third-order valence-corrected chi connectivity index (χ3v) is 3.80. The van der Waals surface area contributed by atoms with Crippen molar-refractivity contribution in [2.75, 3.05) is 5.32 Å². The summed E-state index contributed by atoms with van der Waals surface area (Å²) in [6, 6.07) is 10.7. The van der Waals surface area contributed by atoms with Crippen molar-refractivity contribution < 1.29 is 4.79 Å². The van der Waals surface area contributed by atoms with Crippen LogP contribution in [0.2, 0.25) is 5.02 Å². The van der Waals surface area contributed by atoms with Gasteiger partial charge < -0.3 is 9.88 Å². The Labute approximate surface area is 134 Å². The number of rotatable bonds is 3. The van der Waals surface area contributed by atoms with Crippen LogP contribution in [-0.2, 0) is 11.8 Å². The summed E-state index contributed by atoms with van der Waals surface area (Å²) in [5.41, 5.74) is 3.53. The maximum atomic E-state index is 12.2. The van der Waals surface area contributed by atoms with Gasteiger partial charge in [0, 0.05) is 29.1 Å². The second kappa shape index (κ2) is 6.50. The number of amides is 1. The van der Waals surface area contributed by atoms with E-state index in [0.717, 1.165) is 17.0 Å². The number of nitrogens with zero attached hydrogens (tertiary/aromatic N) is 2. The summed E-state index contributed by atoms with van der Waals surface area (Å²) in [5, 5.41) is 12.4. The van der Waals surface area contributed by atoms with E-state index >= 15 is 0 Å². The molecular weight excluding hydrogens is 298 g/mol. The highest BCUT2D eigenvalue weighted by atomic mass is 35.5. The monoisotopic (exact) mass is 313 g/mol. The van der Waals surface area contributed by atoms with Crippen LogP contribution in [0.25, 0.3) is 6.08 Å². The second-order valence-electron chi connectivity index (χ2n) is 5.02. The van der Waals surface area contributed by atoms with E-state index in [0.29, 0.717) is 10.7 Å². The summed E-state index contributed by atoms with van der Waals surface area (Å²) in [5.74, 6) is -0.453. The molecule has 0 atom stereocenters. The molecule has 0 saturated carbocycles. The molecule has 4 nitrogen and oxygen atoms in total. The molecule has 1 N–H and O–H groups in total. The predicted octanol–water partition coefficient (Wildman–Crippen LogP) is 3.84. The van der Waals surface area contributed by atoms with E-state index in [2.05, 4.69) is 5.32 Å². The molecule has 1 aromatic carbocycles. The number of carbonyl (C=O) groups is 1. The summed E-state index contributed by atoms with van der Waals surface area (Å²) in [6.07, 6.45) is 1.60. The summed E-state index contributed by atoms with van der Waals surface area (Å²) < 4.78 is 2.01. The molecule has 5 heteroatoms. The van der Waals surface area contributed by atoms with Gasteiger partial charge in [0.05, 0.1) is 0 Å². The number of halogens is 1. The first-order chi connectivity index (χ1) is 10.4. The summed E-state index contributed by atoms with van der Waals surface area (Å²) in [6.45, 7) is 3.92. The number of carbonyl (C=O) groups excluding carboxylic acids is 1. The van der Waals surface area contributed by atoms with Gasteiger partial charge in [0.1, 0.15) is 11.6 Å². The maximum Gasteiger partial charge on any atom is 0.266 e. The third kappa shape index (κ3) is 3.38. The van der Waals surface area contributed by atoms with Crippen molar-refractivity contribution in [1.82, 2.24) is 4.57 Å². The molecule has 112 valence electrons. The molecule has 0 spiro atoms. The van der Waals surface area contributed by atoms with E-state index in [1.807, 2.05) is 37.6 Å². The van der Waals surface area contributed by atoms with Crippen molar-refractivity contribution in [2.24, 2.45) is 7.05 Å². The molecule has 0 aliphatic rings. The molecule has 1 amide bonds. The van der Waals surface area contributed by atoms with Crippen molar-refractivity contribution in [3.05, 3.63) is 57.9 Å². The highest BCUT2D eigenvalue weighted by molar-refractivity contribution is 6.31. The van der Waals surface area contributed by atoms with Gasteiger partial charge in [0.2, 0.25) is 0 Å². The van der Waals surface area contributed by atoms with E-state index in [1.54, 1.807) is 30.3 Å². The lowest BCUT2D eigenvalue weighted by molar-refractivity contribution is -0.112. The summed E-state index contributed by atoms with van der Waals surface area (Å²) >= 11 is 5.88. The van der Waals surface area contributed by atoms with E-state index in [4.69, 9.17) is 11.6 Å². The first-order valence-corrected chi connectivity index (χ1v) is 7.12. The van der Waals surface area contributed by atoms with Crippen LogP contribution in [-0.4, -0.2) is 10.5 Å². The fourth-order valence-corrected chi connectivity index (χ4v) is 2.29. The van der Waals surface area contributed by atoms with E-state index in [-0.39, 0.29) is 5.57 Å². The average molecular weight is 314 g/mol. The molecule has 22 heavy (non-hydrogen) atoms. The number of anilines is 1. The molecule has 0 aliphatic heterocycles. The smallest absolute Gasteiger partial charge is 0.266 e. The van der Waals surface area contributed by atoms with E-state index in [9.17, 15) is 10.1 Å². The number of hydrogen-bond acceptors (Lipinski definition) is 2. The molecular formula is C17H16ClN3O. The minimum Gasteiger partial charge on any atom is -0.352 e. The Morgan fingerprint density at radius 1 is 1.36 bits per heavy atom. The first-order valence-electron chi connectivity index (χ1n) is 6.74. The van der Waals surface area contributed by atoms with Crippen LogP contribution in [0.1, 0.15) is 17.0 Å². The van der Waals surface area contributed by atoms with Gasteiger partial charge in [-0.25, -0.2) is 0 Å². The van der Waals surface area contributed by atoms with E-state index < -0.39 is 5.91 Å². The van der Waals surface area contributed by atoms with Gasteiger partial charge in [-0.3, -0.25) is 4.79 Å². The minimum absolute atomic E-state index is 0.0497. The molecule has 0 bridgehead atoms. The van der Waals surface area contributed by atoms with Gasteiger partial charge in [-0.1, -0.05) is 17.7 Å². The van der Waals surface area contributed by atoms with Crippen LogP contribution in [0.5, 0.6) is 0 Å². The van der Waals surface area contributed by atoms with Crippen LogP contribution >= 0.6 is 11.6 Å². The lowest BCUT2D eigenvalue weighted by atomic mass is 10.1. The Morgan fingerprint density at radius 3 is 2.64 bits per heavy atom. The lowest BCUT2D eigenvalue weighted by Gasteiger charge is -2.04. The van der Waals surface area contributed by atoms with Crippen LogP contribution in [0.4, 0.5) is 5.69 Å². The van der Waals surface area contributed by atoms with Crippen LogP contribution in [0.3, 0.4) is 0 Å². The predicted molar refractivity (Wildman–Crippen MR) is 88.6 cm³/mol. The minimum atomic E-state index is -0.453. The van der Waals surface area contributed by atoms with Gasteiger partial charge in [-0.2, -0.15) is 5.26 Å². The van der Waals surface area contributed by atoms with Crippen LogP contribution in [0, 0.1) is 25.2 Å². The standard InChI is InChI=1S/C17H16ClN3O/c1-11-7-13(12(2)21(11)3)8-14(10-19)17(22)20-16-6-4-5-15(18)9-16/h4-9H,1-3H3,(H,20,22)/b14-8+. The van der Waals surface area contributed by atoms with Gasteiger partial charge in [0.15, 0.2) is 0 Å². The van der Waals surface area contributed by atoms with Crippen LogP contribution < -0.4 is 5.32 Å². The van der Waals surface area contributed by atoms with Crippen molar-refractivity contribution in [3.8, 4) is 6.07 Å². The summed E-state index contributed by atoms with van der Waals surface area (Å²) in [7, 11) is 1.94. The largest absolute Gasteiger partial charge is 0.352 e. The van der Waals surface area contributed by atoms with Gasteiger partial charge in [0.25, 0.3) is 5.91 Å². The highest BCUT2D eigenvalue weighted by Crippen LogP contribution is 2.19. The maximum absolute atomic E-state index is 12.2. The van der Waals surface area contributed by atoms with Crippen LogP contribution in [0.15, 0.2) is 35.9 Å². The number of nitriles is 1. The molecule has 0 radical (unpaired) electrons. The fraction of sp³-hybridized carbons (Fsp3) is 0.176. The Morgan fingerprint density at radius 2 is 2.09 bits per heavy atom.